The minimum atomic E-state index is -0.727. The first kappa shape index (κ1) is 12.0. The summed E-state index contributed by atoms with van der Waals surface area (Å²) < 4.78 is 6.49. The third kappa shape index (κ3) is 1.76. The molecule has 0 bridgehead atoms. The third-order valence-corrected chi connectivity index (χ3v) is 3.44. The highest BCUT2D eigenvalue weighted by Crippen LogP contribution is 2.30. The summed E-state index contributed by atoms with van der Waals surface area (Å²) in [5, 5.41) is 20.0. The topological polar surface area (TPSA) is 84.6 Å². The van der Waals surface area contributed by atoms with Crippen molar-refractivity contribution in [1.29, 1.82) is 0 Å². The van der Waals surface area contributed by atoms with Crippen LogP contribution in [0.2, 0.25) is 0 Å². The van der Waals surface area contributed by atoms with E-state index < -0.39 is 6.10 Å². The summed E-state index contributed by atoms with van der Waals surface area (Å²) in [7, 11) is 1.42. The summed E-state index contributed by atoms with van der Waals surface area (Å²) in [6.45, 7) is 0.553. The molecule has 6 heteroatoms. The molecule has 0 aliphatic carbocycles. The number of aliphatic hydroxyl groups excluding tert-OH is 1. The van der Waals surface area contributed by atoms with Crippen LogP contribution < -0.4 is 10.3 Å². The molecule has 0 amide bonds. The van der Waals surface area contributed by atoms with Gasteiger partial charge in [-0.05, 0) is 18.9 Å². The van der Waals surface area contributed by atoms with Gasteiger partial charge < -0.3 is 14.9 Å². The molecule has 0 spiro atoms. The quantitative estimate of drug-likeness (QED) is 0.799. The maximum atomic E-state index is 12.4. The lowest BCUT2D eigenvalue weighted by atomic mass is 10.1. The number of fused-ring (bicyclic) bond motifs is 2. The first-order chi connectivity index (χ1) is 9.11. The molecule has 0 saturated heterocycles. The number of aromatic nitrogens is 2. The highest BCUT2D eigenvalue weighted by Gasteiger charge is 2.22. The SMILES string of the molecule is COc1cc2c(=O)n3c(nc2cc1O)C(O)CCC3. The lowest BCUT2D eigenvalue weighted by Gasteiger charge is -2.22. The van der Waals surface area contributed by atoms with Gasteiger partial charge in [0.25, 0.3) is 5.56 Å². The second kappa shape index (κ2) is 4.24. The summed E-state index contributed by atoms with van der Waals surface area (Å²) >= 11 is 0. The van der Waals surface area contributed by atoms with E-state index in [1.807, 2.05) is 0 Å². The summed E-state index contributed by atoms with van der Waals surface area (Å²) in [6, 6.07) is 2.87. The molecule has 19 heavy (non-hydrogen) atoms. The van der Waals surface area contributed by atoms with Gasteiger partial charge in [-0.2, -0.15) is 0 Å². The van der Waals surface area contributed by atoms with Crippen LogP contribution in [0.4, 0.5) is 0 Å². The molecular weight excluding hydrogens is 248 g/mol. The summed E-state index contributed by atoms with van der Waals surface area (Å²) in [5.41, 5.74) is 0.160. The minimum Gasteiger partial charge on any atom is -0.504 e. The first-order valence-corrected chi connectivity index (χ1v) is 6.11. The highest BCUT2D eigenvalue weighted by atomic mass is 16.5. The number of methoxy groups -OCH3 is 1. The van der Waals surface area contributed by atoms with Crippen LogP contribution in [0.25, 0.3) is 10.9 Å². The summed E-state index contributed by atoms with van der Waals surface area (Å²) in [4.78, 5) is 16.7. The molecule has 0 saturated carbocycles. The fourth-order valence-corrected chi connectivity index (χ4v) is 2.46. The predicted octanol–water partition coefficient (Wildman–Crippen LogP) is 0.938. The number of aromatic hydroxyl groups is 1. The minimum absolute atomic E-state index is 0.0721. The van der Waals surface area contributed by atoms with E-state index in [0.29, 0.717) is 29.7 Å². The Morgan fingerprint density at radius 1 is 1.47 bits per heavy atom. The molecule has 2 N–H and O–H groups in total. The molecule has 1 aromatic heterocycles. The number of phenols is 1. The number of ether oxygens (including phenoxy) is 1. The maximum absolute atomic E-state index is 12.4. The molecule has 2 heterocycles. The zero-order valence-corrected chi connectivity index (χ0v) is 10.5. The Hall–Kier alpha value is -2.08. The van der Waals surface area contributed by atoms with Crippen LogP contribution >= 0.6 is 0 Å². The predicted molar refractivity (Wildman–Crippen MR) is 68.4 cm³/mol. The van der Waals surface area contributed by atoms with Gasteiger partial charge in [-0.1, -0.05) is 0 Å². The van der Waals surface area contributed by atoms with Crippen LogP contribution in [0.3, 0.4) is 0 Å². The molecule has 6 nitrogen and oxygen atoms in total. The van der Waals surface area contributed by atoms with Crippen molar-refractivity contribution in [2.24, 2.45) is 0 Å². The molecule has 0 fully saturated rings. The number of hydrogen-bond acceptors (Lipinski definition) is 5. The molecule has 1 unspecified atom stereocenters. The molecule has 1 aliphatic rings. The third-order valence-electron chi connectivity index (χ3n) is 3.44. The average Bonchev–Trinajstić information content (AvgIpc) is 2.40. The smallest absolute Gasteiger partial charge is 0.261 e. The van der Waals surface area contributed by atoms with Gasteiger partial charge in [0.15, 0.2) is 11.5 Å². The van der Waals surface area contributed by atoms with E-state index in [-0.39, 0.29) is 17.1 Å². The van der Waals surface area contributed by atoms with Crippen molar-refractivity contribution < 1.29 is 14.9 Å². The molecule has 100 valence electrons. The van der Waals surface area contributed by atoms with Gasteiger partial charge in [-0.3, -0.25) is 9.36 Å². The number of benzene rings is 1. The standard InChI is InChI=1S/C13H14N2O4/c1-19-11-5-7-8(6-10(11)17)14-12-9(16)3-2-4-15(12)13(7)18/h5-6,9,16-17H,2-4H2,1H3. The number of rotatable bonds is 1. The fourth-order valence-electron chi connectivity index (χ4n) is 2.46. The van der Waals surface area contributed by atoms with Crippen LogP contribution in [0, 0.1) is 0 Å². The summed E-state index contributed by atoms with van der Waals surface area (Å²) in [5.74, 6) is 0.536. The molecule has 1 atom stereocenters. The Morgan fingerprint density at radius 2 is 2.26 bits per heavy atom. The van der Waals surface area contributed by atoms with Gasteiger partial charge in [0.05, 0.1) is 18.0 Å². The average molecular weight is 262 g/mol. The molecule has 1 aromatic carbocycles. The van der Waals surface area contributed by atoms with E-state index in [4.69, 9.17) is 4.74 Å². The second-order valence-corrected chi connectivity index (χ2v) is 4.63. The first-order valence-electron chi connectivity index (χ1n) is 6.11. The van der Waals surface area contributed by atoms with Crippen molar-refractivity contribution in [1.82, 2.24) is 9.55 Å². The Kier molecular flexibility index (Phi) is 2.67. The second-order valence-electron chi connectivity index (χ2n) is 4.63. The lowest BCUT2D eigenvalue weighted by Crippen LogP contribution is -2.30. The van der Waals surface area contributed by atoms with Crippen molar-refractivity contribution >= 4 is 10.9 Å². The van der Waals surface area contributed by atoms with Gasteiger partial charge >= 0.3 is 0 Å². The normalized spacial score (nSPS) is 18.3. The number of aliphatic hydroxyl groups is 1. The zero-order valence-electron chi connectivity index (χ0n) is 10.5. The van der Waals surface area contributed by atoms with Crippen LogP contribution in [0.5, 0.6) is 11.5 Å². The zero-order chi connectivity index (χ0) is 13.6. The van der Waals surface area contributed by atoms with Crippen LogP contribution in [0.1, 0.15) is 24.8 Å². The number of nitrogens with zero attached hydrogens (tertiary/aromatic N) is 2. The van der Waals surface area contributed by atoms with Gasteiger partial charge in [0.1, 0.15) is 11.9 Å². The molecule has 2 aromatic rings. The van der Waals surface area contributed by atoms with E-state index in [9.17, 15) is 15.0 Å². The monoisotopic (exact) mass is 262 g/mol. The van der Waals surface area contributed by atoms with Crippen molar-refractivity contribution in [3.05, 3.63) is 28.3 Å². The number of hydrogen-bond donors (Lipinski definition) is 2. The van der Waals surface area contributed by atoms with E-state index in [2.05, 4.69) is 4.98 Å². The number of phenolic OH excluding ortho intramolecular Hbond substituents is 1. The molecule has 0 radical (unpaired) electrons. The Labute approximate surface area is 108 Å². The largest absolute Gasteiger partial charge is 0.504 e. The van der Waals surface area contributed by atoms with Gasteiger partial charge in [0.2, 0.25) is 0 Å². The van der Waals surface area contributed by atoms with Crippen LogP contribution in [-0.4, -0.2) is 26.9 Å². The van der Waals surface area contributed by atoms with E-state index in [1.165, 1.54) is 23.8 Å². The van der Waals surface area contributed by atoms with E-state index in [1.54, 1.807) is 0 Å². The van der Waals surface area contributed by atoms with Crippen LogP contribution in [-0.2, 0) is 6.54 Å². The van der Waals surface area contributed by atoms with Gasteiger partial charge in [-0.25, -0.2) is 4.98 Å². The molecular formula is C13H14N2O4. The van der Waals surface area contributed by atoms with Crippen molar-refractivity contribution in [2.45, 2.75) is 25.5 Å². The highest BCUT2D eigenvalue weighted by molar-refractivity contribution is 5.81. The molecule has 3 rings (SSSR count). The van der Waals surface area contributed by atoms with E-state index >= 15 is 0 Å². The Balaban J connectivity index is 2.36. The Bertz CT molecular complexity index is 708. The fraction of sp³-hybridized carbons (Fsp3) is 0.385. The van der Waals surface area contributed by atoms with Crippen LogP contribution in [0.15, 0.2) is 16.9 Å². The maximum Gasteiger partial charge on any atom is 0.261 e. The van der Waals surface area contributed by atoms with E-state index in [0.717, 1.165) is 6.42 Å². The van der Waals surface area contributed by atoms with Crippen molar-refractivity contribution in [2.75, 3.05) is 7.11 Å². The lowest BCUT2D eigenvalue weighted by molar-refractivity contribution is 0.131. The van der Waals surface area contributed by atoms with Gasteiger partial charge in [0, 0.05) is 12.6 Å². The summed E-state index contributed by atoms with van der Waals surface area (Å²) in [6.07, 6.45) is 0.617. The Morgan fingerprint density at radius 3 is 3.00 bits per heavy atom. The van der Waals surface area contributed by atoms with Crippen molar-refractivity contribution in [3.8, 4) is 11.5 Å². The van der Waals surface area contributed by atoms with Gasteiger partial charge in [-0.15, -0.1) is 0 Å². The molecule has 1 aliphatic heterocycles. The van der Waals surface area contributed by atoms with Crippen molar-refractivity contribution in [3.63, 3.8) is 0 Å².